The maximum atomic E-state index is 2.56. The first-order valence-electron chi connectivity index (χ1n) is 31.5. The molecule has 89 heavy (non-hydrogen) atoms. The molecule has 2 heteroatoms. The Morgan fingerprint density at radius 1 is 0.270 bits per heavy atom. The zero-order chi connectivity index (χ0) is 60.8. The number of aryl methyl sites for hydroxylation is 2. The number of nitrogens with zero attached hydrogens (tertiary/aromatic N) is 2. The van der Waals surface area contributed by atoms with Crippen molar-refractivity contribution in [2.75, 3.05) is 9.80 Å². The Morgan fingerprint density at radius 2 is 0.629 bits per heavy atom. The predicted molar refractivity (Wildman–Crippen MR) is 380 cm³/mol. The smallest absolute Gasteiger partial charge is 0.0714 e. The zero-order valence-electron chi connectivity index (χ0n) is 52.1. The molecule has 430 valence electrons. The Morgan fingerprint density at radius 3 is 1.11 bits per heavy atom. The van der Waals surface area contributed by atoms with Gasteiger partial charge in [0, 0.05) is 33.5 Å². The number of benzene rings is 14. The summed E-state index contributed by atoms with van der Waals surface area (Å²) in [6.45, 7) is 18.7. The van der Waals surface area contributed by atoms with E-state index in [9.17, 15) is 0 Å². The quantitative estimate of drug-likeness (QED) is 0.119. The number of hydrogen-bond donors (Lipinski definition) is 0. The Balaban J connectivity index is 0.989. The minimum atomic E-state index is -0.568. The molecule has 15 rings (SSSR count). The minimum Gasteiger partial charge on any atom is -0.310 e. The molecule has 2 nitrogen and oxygen atoms in total. The summed E-state index contributed by atoms with van der Waals surface area (Å²) in [7, 11) is 0. The highest BCUT2D eigenvalue weighted by atomic mass is 15.2. The summed E-state index contributed by atoms with van der Waals surface area (Å²) in [6.07, 6.45) is 0. The Labute approximate surface area is 525 Å². The summed E-state index contributed by atoms with van der Waals surface area (Å²) < 4.78 is 0. The van der Waals surface area contributed by atoms with Crippen molar-refractivity contribution in [2.45, 2.75) is 71.6 Å². The van der Waals surface area contributed by atoms with Gasteiger partial charge in [-0.05, 0) is 196 Å². The lowest BCUT2D eigenvalue weighted by atomic mass is 9.67. The molecule has 0 spiro atoms. The fourth-order valence-electron chi connectivity index (χ4n) is 14.9. The van der Waals surface area contributed by atoms with Gasteiger partial charge in [-0.15, -0.1) is 0 Å². The van der Waals surface area contributed by atoms with Crippen LogP contribution in [0.2, 0.25) is 0 Å². The van der Waals surface area contributed by atoms with Crippen LogP contribution in [-0.2, 0) is 16.2 Å². The molecule has 1 aliphatic rings. The Hall–Kier alpha value is -10.3. The SMILES string of the molecule is Cc1cccc(N(c2cccc(-c3ccccc3-c3ccccc3-c3ccccc3)c2)c2cc(C(C)(C)C)c3ccc4c(N(c5cccc(C)c5)c5cccc(C6(c7ccccc7)c7ccccc7-c7ccccc76)c5)cc(C(C)(C)C)c5ccc2c3c45)c1. The van der Waals surface area contributed by atoms with Gasteiger partial charge >= 0.3 is 0 Å². The maximum absolute atomic E-state index is 2.56. The molecule has 0 aliphatic heterocycles. The molecule has 0 atom stereocenters. The molecule has 14 aromatic carbocycles. The second-order valence-electron chi connectivity index (χ2n) is 26.6. The lowest BCUT2D eigenvalue weighted by molar-refractivity contribution is 0.595. The second kappa shape index (κ2) is 21.5. The van der Waals surface area contributed by atoms with Gasteiger partial charge < -0.3 is 9.80 Å². The molecule has 0 heterocycles. The van der Waals surface area contributed by atoms with E-state index in [1.807, 2.05) is 0 Å². The van der Waals surface area contributed by atoms with Crippen LogP contribution in [0.15, 0.2) is 291 Å². The van der Waals surface area contributed by atoms with Crippen molar-refractivity contribution < 1.29 is 0 Å². The summed E-state index contributed by atoms with van der Waals surface area (Å²) in [5.41, 5.74) is 25.5. The molecule has 0 bridgehead atoms. The van der Waals surface area contributed by atoms with Crippen molar-refractivity contribution in [1.82, 2.24) is 0 Å². The van der Waals surface area contributed by atoms with Crippen LogP contribution >= 0.6 is 0 Å². The first kappa shape index (κ1) is 55.3. The van der Waals surface area contributed by atoms with Crippen molar-refractivity contribution in [3.05, 3.63) is 336 Å². The number of anilines is 6. The van der Waals surface area contributed by atoms with Gasteiger partial charge in [-0.25, -0.2) is 0 Å². The van der Waals surface area contributed by atoms with Gasteiger partial charge in [0.05, 0.1) is 16.8 Å². The van der Waals surface area contributed by atoms with Crippen LogP contribution in [0.1, 0.15) is 86.1 Å². The van der Waals surface area contributed by atoms with Crippen molar-refractivity contribution in [3.63, 3.8) is 0 Å². The van der Waals surface area contributed by atoms with Crippen LogP contribution < -0.4 is 9.80 Å². The van der Waals surface area contributed by atoms with E-state index < -0.39 is 5.41 Å². The van der Waals surface area contributed by atoms with E-state index in [-0.39, 0.29) is 10.8 Å². The number of hydrogen-bond acceptors (Lipinski definition) is 2. The fourth-order valence-corrected chi connectivity index (χ4v) is 14.9. The molecule has 0 saturated carbocycles. The molecule has 0 aromatic heterocycles. The zero-order valence-corrected chi connectivity index (χ0v) is 52.1. The monoisotopic (exact) mass is 1140 g/mol. The average Bonchev–Trinajstić information content (AvgIpc) is 1.68. The molecule has 0 unspecified atom stereocenters. The number of fused-ring (bicyclic) bond motifs is 3. The summed E-state index contributed by atoms with van der Waals surface area (Å²) in [5.74, 6) is 0. The summed E-state index contributed by atoms with van der Waals surface area (Å²) in [5, 5.41) is 7.55. The Bertz CT molecular complexity index is 4970. The van der Waals surface area contributed by atoms with Crippen molar-refractivity contribution in [2.24, 2.45) is 0 Å². The van der Waals surface area contributed by atoms with Gasteiger partial charge in [-0.1, -0.05) is 272 Å². The van der Waals surface area contributed by atoms with Gasteiger partial charge in [0.2, 0.25) is 0 Å². The third kappa shape index (κ3) is 9.23. The fraction of sp³-hybridized carbons (Fsp3) is 0.126. The lowest BCUT2D eigenvalue weighted by Crippen LogP contribution is -2.28. The van der Waals surface area contributed by atoms with E-state index in [1.54, 1.807) is 0 Å². The van der Waals surface area contributed by atoms with E-state index in [4.69, 9.17) is 0 Å². The van der Waals surface area contributed by atoms with Crippen LogP contribution in [0, 0.1) is 13.8 Å². The normalized spacial score (nSPS) is 12.8. The summed E-state index contributed by atoms with van der Waals surface area (Å²) in [4.78, 5) is 5.10. The molecular weight excluding hydrogens is 1070 g/mol. The number of rotatable bonds is 11. The molecular formula is C87H72N2. The van der Waals surface area contributed by atoms with Crippen molar-refractivity contribution in [3.8, 4) is 44.5 Å². The van der Waals surface area contributed by atoms with E-state index in [2.05, 4.69) is 356 Å². The molecule has 0 N–H and O–H groups in total. The standard InChI is InChI=1S/C87H72N2/c1-57-27-23-35-63(51-57)88(65-37-25-31-60(53-65)68-40-16-18-42-70(68)69-41-17-15-39-67(69)59-29-11-9-12-30-59)81-55-79(85(3,4)5)73-48-50-76-82(56-80(86(6,7)8)74-47-49-75(81)83(73)84(74)76)89(64-36-24-28-58(2)52-64)66-38-26-34-62(54-66)87(61-32-13-10-14-33-61)77-45-21-19-43-71(77)72-44-20-22-46-78(72)87/h9-56H,1-8H3. The molecule has 14 aromatic rings. The Kier molecular flexibility index (Phi) is 13.4. The topological polar surface area (TPSA) is 6.48 Å². The molecule has 0 amide bonds. The van der Waals surface area contributed by atoms with Crippen LogP contribution in [0.25, 0.3) is 76.8 Å². The van der Waals surface area contributed by atoms with Crippen molar-refractivity contribution in [1.29, 1.82) is 0 Å². The molecule has 1 aliphatic carbocycles. The highest BCUT2D eigenvalue weighted by Crippen LogP contribution is 2.58. The average molecular weight is 1150 g/mol. The van der Waals surface area contributed by atoms with Crippen LogP contribution in [0.3, 0.4) is 0 Å². The largest absolute Gasteiger partial charge is 0.310 e. The summed E-state index contributed by atoms with van der Waals surface area (Å²) in [6, 6.07) is 110. The van der Waals surface area contributed by atoms with E-state index in [0.717, 1.165) is 39.7 Å². The predicted octanol–water partition coefficient (Wildman–Crippen LogP) is 24.1. The second-order valence-corrected chi connectivity index (χ2v) is 26.6. The molecule has 0 saturated heterocycles. The first-order valence-corrected chi connectivity index (χ1v) is 31.5. The molecule has 0 fully saturated rings. The lowest BCUT2D eigenvalue weighted by Gasteiger charge is -2.36. The van der Waals surface area contributed by atoms with Gasteiger partial charge in [0.1, 0.15) is 0 Å². The van der Waals surface area contributed by atoms with E-state index in [0.29, 0.717) is 0 Å². The summed E-state index contributed by atoms with van der Waals surface area (Å²) >= 11 is 0. The van der Waals surface area contributed by atoms with Gasteiger partial charge in [-0.2, -0.15) is 0 Å². The van der Waals surface area contributed by atoms with Gasteiger partial charge in [0.15, 0.2) is 0 Å². The maximum Gasteiger partial charge on any atom is 0.0714 e. The third-order valence-corrected chi connectivity index (χ3v) is 18.8. The van der Waals surface area contributed by atoms with Gasteiger partial charge in [0.25, 0.3) is 0 Å². The van der Waals surface area contributed by atoms with Crippen LogP contribution in [0.4, 0.5) is 34.1 Å². The van der Waals surface area contributed by atoms with E-state index in [1.165, 1.54) is 116 Å². The van der Waals surface area contributed by atoms with Crippen LogP contribution in [0.5, 0.6) is 0 Å². The first-order chi connectivity index (χ1) is 43.3. The van der Waals surface area contributed by atoms with Gasteiger partial charge in [-0.3, -0.25) is 0 Å². The third-order valence-electron chi connectivity index (χ3n) is 18.8. The minimum absolute atomic E-state index is 0.224. The highest BCUT2D eigenvalue weighted by molar-refractivity contribution is 6.29. The van der Waals surface area contributed by atoms with E-state index >= 15 is 0 Å². The highest BCUT2D eigenvalue weighted by Gasteiger charge is 2.46. The van der Waals surface area contributed by atoms with Crippen molar-refractivity contribution >= 4 is 66.4 Å². The molecule has 0 radical (unpaired) electrons. The van der Waals surface area contributed by atoms with Crippen LogP contribution in [-0.4, -0.2) is 0 Å².